The molecule has 136 valence electrons. The Bertz CT molecular complexity index is 931. The van der Waals surface area contributed by atoms with Crippen LogP contribution in [-0.4, -0.2) is 39.0 Å². The molecule has 0 atom stereocenters. The molecule has 1 N–H and O–H groups in total. The summed E-state index contributed by atoms with van der Waals surface area (Å²) in [6.07, 6.45) is 0. The number of amides is 1. The predicted octanol–water partition coefficient (Wildman–Crippen LogP) is 2.92. The number of ether oxygens (including phenoxy) is 1. The molecule has 7 nitrogen and oxygen atoms in total. The van der Waals surface area contributed by atoms with Crippen LogP contribution in [0.3, 0.4) is 0 Å². The lowest BCUT2D eigenvalue weighted by atomic mass is 10.3. The van der Waals surface area contributed by atoms with E-state index in [9.17, 15) is 9.59 Å². The van der Waals surface area contributed by atoms with Gasteiger partial charge in [-0.25, -0.2) is 4.98 Å². The first kappa shape index (κ1) is 18.4. The number of fused-ring (bicyclic) bond motifs is 1. The number of nitrogens with one attached hydrogen (secondary N) is 1. The Morgan fingerprint density at radius 2 is 2.08 bits per heavy atom. The van der Waals surface area contributed by atoms with E-state index in [2.05, 4.69) is 15.4 Å². The normalized spacial score (nSPS) is 10.9. The highest BCUT2D eigenvalue weighted by Crippen LogP contribution is 2.29. The number of hydrogen-bond donors (Lipinski definition) is 1. The van der Waals surface area contributed by atoms with Crippen LogP contribution in [0.25, 0.3) is 10.2 Å². The minimum atomic E-state index is -0.455. The zero-order valence-corrected chi connectivity index (χ0v) is 16.2. The van der Waals surface area contributed by atoms with Gasteiger partial charge in [-0.3, -0.25) is 14.3 Å². The van der Waals surface area contributed by atoms with Crippen molar-refractivity contribution < 1.29 is 14.3 Å². The number of anilines is 1. The van der Waals surface area contributed by atoms with Crippen molar-refractivity contribution in [3.63, 3.8) is 0 Å². The van der Waals surface area contributed by atoms with Gasteiger partial charge in [0.15, 0.2) is 10.9 Å². The standard InChI is InChI=1S/C17H18N4O3S2/c1-10-16(11(2)21(3)20-10)19-14(22)8-24-15(23)9-25-17-18-12-6-4-5-7-13(12)26-17/h4-7H,8-9H2,1-3H3,(H,19,22). The van der Waals surface area contributed by atoms with Gasteiger partial charge in [0, 0.05) is 7.05 Å². The average Bonchev–Trinajstić information content (AvgIpc) is 3.14. The van der Waals surface area contributed by atoms with Crippen LogP contribution in [0.5, 0.6) is 0 Å². The molecule has 0 aliphatic rings. The zero-order valence-electron chi connectivity index (χ0n) is 14.6. The number of thiazole rings is 1. The molecular formula is C17H18N4O3S2. The summed E-state index contributed by atoms with van der Waals surface area (Å²) in [6.45, 7) is 3.34. The number of esters is 1. The molecule has 0 aliphatic heterocycles. The van der Waals surface area contributed by atoms with Crippen molar-refractivity contribution in [2.75, 3.05) is 17.7 Å². The topological polar surface area (TPSA) is 86.1 Å². The van der Waals surface area contributed by atoms with E-state index in [1.807, 2.05) is 38.1 Å². The Balaban J connectivity index is 1.47. The zero-order chi connectivity index (χ0) is 18.7. The number of rotatable bonds is 6. The second kappa shape index (κ2) is 7.88. The largest absolute Gasteiger partial charge is 0.455 e. The molecule has 0 bridgehead atoms. The van der Waals surface area contributed by atoms with E-state index in [1.54, 1.807) is 11.7 Å². The lowest BCUT2D eigenvalue weighted by Gasteiger charge is -2.06. The van der Waals surface area contributed by atoms with Gasteiger partial charge in [0.05, 0.1) is 33.0 Å². The quantitative estimate of drug-likeness (QED) is 0.514. The highest BCUT2D eigenvalue weighted by Gasteiger charge is 2.14. The second-order valence-electron chi connectivity index (χ2n) is 5.61. The number of hydrogen-bond acceptors (Lipinski definition) is 7. The van der Waals surface area contributed by atoms with Crippen LogP contribution in [-0.2, 0) is 21.4 Å². The molecule has 9 heteroatoms. The van der Waals surface area contributed by atoms with Crippen LogP contribution in [0.1, 0.15) is 11.4 Å². The maximum absolute atomic E-state index is 12.0. The van der Waals surface area contributed by atoms with Crippen molar-refractivity contribution in [3.8, 4) is 0 Å². The van der Waals surface area contributed by atoms with Crippen molar-refractivity contribution in [1.82, 2.24) is 14.8 Å². The number of thioether (sulfide) groups is 1. The fourth-order valence-corrected chi connectivity index (χ4v) is 4.22. The summed E-state index contributed by atoms with van der Waals surface area (Å²) in [5.41, 5.74) is 3.12. The van der Waals surface area contributed by atoms with Gasteiger partial charge in [0.25, 0.3) is 5.91 Å². The van der Waals surface area contributed by atoms with Gasteiger partial charge >= 0.3 is 5.97 Å². The highest BCUT2D eigenvalue weighted by molar-refractivity contribution is 8.01. The number of aromatic nitrogens is 3. The molecule has 26 heavy (non-hydrogen) atoms. The number of aryl methyl sites for hydroxylation is 2. The first-order valence-corrected chi connectivity index (χ1v) is 9.68. The van der Waals surface area contributed by atoms with Gasteiger partial charge < -0.3 is 10.1 Å². The third-order valence-corrected chi connectivity index (χ3v) is 5.88. The number of benzene rings is 1. The van der Waals surface area contributed by atoms with Gasteiger partial charge in [0.1, 0.15) is 0 Å². The molecule has 0 saturated heterocycles. The summed E-state index contributed by atoms with van der Waals surface area (Å²) in [7, 11) is 1.80. The lowest BCUT2D eigenvalue weighted by Crippen LogP contribution is -2.22. The Hall–Kier alpha value is -2.39. The fourth-order valence-electron chi connectivity index (χ4n) is 2.35. The summed E-state index contributed by atoms with van der Waals surface area (Å²) in [6, 6.07) is 7.80. The SMILES string of the molecule is Cc1nn(C)c(C)c1NC(=O)COC(=O)CSc1nc2ccccc2s1. The first-order valence-electron chi connectivity index (χ1n) is 7.88. The molecule has 0 radical (unpaired) electrons. The van der Waals surface area contributed by atoms with Gasteiger partial charge in [-0.15, -0.1) is 11.3 Å². The van der Waals surface area contributed by atoms with E-state index < -0.39 is 5.97 Å². The summed E-state index contributed by atoms with van der Waals surface area (Å²) >= 11 is 2.83. The van der Waals surface area contributed by atoms with Crippen LogP contribution in [0.2, 0.25) is 0 Å². The summed E-state index contributed by atoms with van der Waals surface area (Å²) in [5, 5.41) is 6.95. The summed E-state index contributed by atoms with van der Waals surface area (Å²) < 4.78 is 8.60. The minimum Gasteiger partial charge on any atom is -0.455 e. The Morgan fingerprint density at radius 1 is 1.31 bits per heavy atom. The summed E-state index contributed by atoms with van der Waals surface area (Å²) in [5.74, 6) is -0.732. The minimum absolute atomic E-state index is 0.109. The monoisotopic (exact) mass is 390 g/mol. The van der Waals surface area contributed by atoms with Crippen molar-refractivity contribution in [3.05, 3.63) is 35.7 Å². The van der Waals surface area contributed by atoms with Crippen molar-refractivity contribution in [1.29, 1.82) is 0 Å². The van der Waals surface area contributed by atoms with Gasteiger partial charge in [-0.05, 0) is 26.0 Å². The van der Waals surface area contributed by atoms with Crippen LogP contribution < -0.4 is 5.32 Å². The maximum Gasteiger partial charge on any atom is 0.316 e. The number of para-hydroxylation sites is 1. The first-order chi connectivity index (χ1) is 12.4. The van der Waals surface area contributed by atoms with Gasteiger partial charge in [-0.2, -0.15) is 5.10 Å². The Kier molecular flexibility index (Phi) is 5.58. The second-order valence-corrected chi connectivity index (χ2v) is 7.87. The van der Waals surface area contributed by atoms with Crippen molar-refractivity contribution in [2.24, 2.45) is 7.05 Å². The third kappa shape index (κ3) is 4.23. The number of carbonyl (C=O) groups is 2. The van der Waals surface area contributed by atoms with Crippen molar-refractivity contribution >= 4 is 50.9 Å². The molecule has 3 aromatic rings. The third-order valence-electron chi connectivity index (χ3n) is 3.73. The molecule has 0 aliphatic carbocycles. The Morgan fingerprint density at radius 3 is 2.77 bits per heavy atom. The van der Waals surface area contributed by atoms with Crippen molar-refractivity contribution in [2.45, 2.75) is 18.2 Å². The van der Waals surface area contributed by atoms with Gasteiger partial charge in [0.2, 0.25) is 0 Å². The summed E-state index contributed by atoms with van der Waals surface area (Å²) in [4.78, 5) is 28.3. The average molecular weight is 390 g/mol. The molecule has 0 fully saturated rings. The van der Waals surface area contributed by atoms with E-state index in [4.69, 9.17) is 4.74 Å². The van der Waals surface area contributed by atoms with Crippen LogP contribution in [0.4, 0.5) is 5.69 Å². The van der Waals surface area contributed by atoms with E-state index in [1.165, 1.54) is 23.1 Å². The molecule has 1 aromatic carbocycles. The van der Waals surface area contributed by atoms with Crippen LogP contribution >= 0.6 is 23.1 Å². The molecule has 0 saturated carbocycles. The molecule has 2 heterocycles. The molecule has 3 rings (SSSR count). The Labute approximate surface area is 158 Å². The lowest BCUT2D eigenvalue weighted by molar-refractivity contribution is -0.144. The smallest absolute Gasteiger partial charge is 0.316 e. The van der Waals surface area contributed by atoms with Crippen LogP contribution in [0.15, 0.2) is 28.6 Å². The van der Waals surface area contributed by atoms with E-state index in [0.717, 1.165) is 25.9 Å². The molecule has 2 aromatic heterocycles. The molecule has 1 amide bonds. The van der Waals surface area contributed by atoms with E-state index in [0.29, 0.717) is 5.69 Å². The number of nitrogens with zero attached hydrogens (tertiary/aromatic N) is 3. The van der Waals surface area contributed by atoms with Crippen LogP contribution in [0, 0.1) is 13.8 Å². The maximum atomic E-state index is 12.0. The molecule has 0 spiro atoms. The van der Waals surface area contributed by atoms with E-state index in [-0.39, 0.29) is 18.3 Å². The number of carbonyl (C=O) groups excluding carboxylic acids is 2. The highest BCUT2D eigenvalue weighted by atomic mass is 32.2. The predicted molar refractivity (Wildman–Crippen MR) is 103 cm³/mol. The van der Waals surface area contributed by atoms with Gasteiger partial charge in [-0.1, -0.05) is 23.9 Å². The molecular weight excluding hydrogens is 372 g/mol. The fraction of sp³-hybridized carbons (Fsp3) is 0.294. The van der Waals surface area contributed by atoms with E-state index >= 15 is 0 Å². The molecule has 0 unspecified atom stereocenters.